The molecular weight excluding hydrogens is 315 g/mol. The molecule has 1 heterocycles. The fourth-order valence-corrected chi connectivity index (χ4v) is 2.07. The van der Waals surface area contributed by atoms with Gasteiger partial charge in [0.15, 0.2) is 0 Å². The summed E-state index contributed by atoms with van der Waals surface area (Å²) in [6, 6.07) is 5.83. The van der Waals surface area contributed by atoms with Crippen molar-refractivity contribution < 1.29 is 13.9 Å². The highest BCUT2D eigenvalue weighted by molar-refractivity contribution is 9.10. The lowest BCUT2D eigenvalue weighted by Gasteiger charge is -2.10. The number of rotatable bonds is 3. The van der Waals surface area contributed by atoms with Crippen LogP contribution in [0.2, 0.25) is 0 Å². The molecule has 0 saturated carbocycles. The third-order valence-electron chi connectivity index (χ3n) is 2.37. The van der Waals surface area contributed by atoms with Gasteiger partial charge in [-0.2, -0.15) is 0 Å². The Balaban J connectivity index is 2.44. The van der Waals surface area contributed by atoms with E-state index in [0.717, 1.165) is 11.6 Å². The van der Waals surface area contributed by atoms with Gasteiger partial charge in [0.2, 0.25) is 5.88 Å². The highest BCUT2D eigenvalue weighted by Crippen LogP contribution is 2.30. The number of nitrogens with zero attached hydrogens (tertiary/aromatic N) is 1. The lowest BCUT2D eigenvalue weighted by atomic mass is 10.2. The van der Waals surface area contributed by atoms with Crippen molar-refractivity contribution in [3.8, 4) is 11.6 Å². The van der Waals surface area contributed by atoms with E-state index in [1.807, 2.05) is 6.92 Å². The van der Waals surface area contributed by atoms with Crippen molar-refractivity contribution in [3.05, 3.63) is 51.9 Å². The van der Waals surface area contributed by atoms with E-state index in [0.29, 0.717) is 4.47 Å². The number of carbonyl (C=O) groups is 1. The maximum absolute atomic E-state index is 13.6. The summed E-state index contributed by atoms with van der Waals surface area (Å²) in [5.41, 5.74) is 5.78. The molecule has 2 aromatic rings. The summed E-state index contributed by atoms with van der Waals surface area (Å²) in [6.45, 7) is 1.87. The number of ether oxygens (including phenoxy) is 1. The molecule has 6 heteroatoms. The van der Waals surface area contributed by atoms with Gasteiger partial charge >= 0.3 is 0 Å². The molecule has 2 rings (SSSR count). The van der Waals surface area contributed by atoms with Gasteiger partial charge in [0.25, 0.3) is 5.91 Å². The van der Waals surface area contributed by atoms with Gasteiger partial charge in [-0.15, -0.1) is 0 Å². The Kier molecular flexibility index (Phi) is 3.80. The molecule has 1 aromatic heterocycles. The summed E-state index contributed by atoms with van der Waals surface area (Å²) >= 11 is 3.29. The van der Waals surface area contributed by atoms with E-state index in [1.165, 1.54) is 12.1 Å². The fraction of sp³-hybridized carbons (Fsp3) is 0.0769. The van der Waals surface area contributed by atoms with Gasteiger partial charge < -0.3 is 10.5 Å². The molecule has 0 unspecified atom stereocenters. The molecule has 4 nitrogen and oxygen atoms in total. The summed E-state index contributed by atoms with van der Waals surface area (Å²) in [4.78, 5) is 15.3. The van der Waals surface area contributed by atoms with E-state index in [4.69, 9.17) is 10.5 Å². The Morgan fingerprint density at radius 2 is 2.21 bits per heavy atom. The first-order chi connectivity index (χ1) is 8.99. The predicted molar refractivity (Wildman–Crippen MR) is 71.7 cm³/mol. The molecule has 0 aliphatic rings. The number of aromatic nitrogens is 1. The number of pyridine rings is 1. The van der Waals surface area contributed by atoms with Crippen LogP contribution in [-0.4, -0.2) is 10.9 Å². The second kappa shape index (κ2) is 5.36. The smallest absolute Gasteiger partial charge is 0.255 e. The standard InChI is InChI=1S/C13H10BrFN2O2/c1-7-5-8(14)13(17-6-7)19-10-4-2-3-9(15)11(10)12(16)18/h2-6H,1H3,(H2,16,18). The van der Waals surface area contributed by atoms with E-state index in [1.54, 1.807) is 12.3 Å². The number of primary amides is 1. The molecule has 0 aliphatic carbocycles. The van der Waals surface area contributed by atoms with Crippen molar-refractivity contribution >= 4 is 21.8 Å². The van der Waals surface area contributed by atoms with Crippen LogP contribution >= 0.6 is 15.9 Å². The van der Waals surface area contributed by atoms with Gasteiger partial charge in [0.1, 0.15) is 17.1 Å². The maximum atomic E-state index is 13.6. The molecule has 0 radical (unpaired) electrons. The average Bonchev–Trinajstić information content (AvgIpc) is 2.32. The zero-order valence-corrected chi connectivity index (χ0v) is 11.6. The lowest BCUT2D eigenvalue weighted by Crippen LogP contribution is -2.14. The molecule has 0 bridgehead atoms. The van der Waals surface area contributed by atoms with Crippen LogP contribution in [0.5, 0.6) is 11.6 Å². The van der Waals surface area contributed by atoms with Gasteiger partial charge in [-0.05, 0) is 46.6 Å². The Morgan fingerprint density at radius 1 is 1.47 bits per heavy atom. The van der Waals surface area contributed by atoms with Crippen molar-refractivity contribution in [2.24, 2.45) is 5.73 Å². The lowest BCUT2D eigenvalue weighted by molar-refractivity contribution is 0.0994. The quantitative estimate of drug-likeness (QED) is 0.942. The van der Waals surface area contributed by atoms with Crippen molar-refractivity contribution in [2.45, 2.75) is 6.92 Å². The number of halogens is 2. The largest absolute Gasteiger partial charge is 0.437 e. The van der Waals surface area contributed by atoms with Crippen molar-refractivity contribution in [3.63, 3.8) is 0 Å². The molecule has 1 aromatic carbocycles. The Bertz CT molecular complexity index is 647. The SMILES string of the molecule is Cc1cnc(Oc2cccc(F)c2C(N)=O)c(Br)c1. The van der Waals surface area contributed by atoms with Crippen LogP contribution < -0.4 is 10.5 Å². The highest BCUT2D eigenvalue weighted by Gasteiger charge is 2.17. The van der Waals surface area contributed by atoms with Crippen LogP contribution in [0.25, 0.3) is 0 Å². The van der Waals surface area contributed by atoms with Crippen LogP contribution in [0.1, 0.15) is 15.9 Å². The molecule has 0 atom stereocenters. The molecule has 2 N–H and O–H groups in total. The molecule has 0 saturated heterocycles. The Hall–Kier alpha value is -1.95. The van der Waals surface area contributed by atoms with E-state index < -0.39 is 11.7 Å². The van der Waals surface area contributed by atoms with Gasteiger partial charge in [0, 0.05) is 6.20 Å². The molecule has 98 valence electrons. The summed E-state index contributed by atoms with van der Waals surface area (Å²) in [6.07, 6.45) is 1.60. The van der Waals surface area contributed by atoms with Crippen LogP contribution in [0.3, 0.4) is 0 Å². The minimum atomic E-state index is -0.892. The van der Waals surface area contributed by atoms with E-state index in [9.17, 15) is 9.18 Å². The summed E-state index contributed by atoms with van der Waals surface area (Å²) in [5.74, 6) is -1.35. The highest BCUT2D eigenvalue weighted by atomic mass is 79.9. The first kappa shape index (κ1) is 13.5. The van der Waals surface area contributed by atoms with Gasteiger partial charge in [-0.3, -0.25) is 4.79 Å². The van der Waals surface area contributed by atoms with Crippen LogP contribution in [0.4, 0.5) is 4.39 Å². The van der Waals surface area contributed by atoms with Gasteiger partial charge in [-0.1, -0.05) is 6.07 Å². The monoisotopic (exact) mass is 324 g/mol. The number of carbonyl (C=O) groups excluding carboxylic acids is 1. The number of benzene rings is 1. The second-order valence-corrected chi connectivity index (χ2v) is 4.73. The summed E-state index contributed by atoms with van der Waals surface area (Å²) in [7, 11) is 0. The molecule has 19 heavy (non-hydrogen) atoms. The van der Waals surface area contributed by atoms with Crippen molar-refractivity contribution in [1.29, 1.82) is 0 Å². The number of nitrogens with two attached hydrogens (primary N) is 1. The van der Waals surface area contributed by atoms with E-state index >= 15 is 0 Å². The zero-order chi connectivity index (χ0) is 14.0. The fourth-order valence-electron chi connectivity index (χ4n) is 1.53. The molecule has 0 fully saturated rings. The topological polar surface area (TPSA) is 65.2 Å². The predicted octanol–water partition coefficient (Wildman–Crippen LogP) is 3.18. The maximum Gasteiger partial charge on any atom is 0.255 e. The van der Waals surface area contributed by atoms with Gasteiger partial charge in [-0.25, -0.2) is 9.37 Å². The summed E-state index contributed by atoms with van der Waals surface area (Å²) < 4.78 is 19.6. The van der Waals surface area contributed by atoms with Crippen LogP contribution in [0, 0.1) is 12.7 Å². The van der Waals surface area contributed by atoms with Crippen molar-refractivity contribution in [2.75, 3.05) is 0 Å². The Morgan fingerprint density at radius 3 is 2.84 bits per heavy atom. The Labute approximate surface area is 117 Å². The third-order valence-corrected chi connectivity index (χ3v) is 2.94. The number of aryl methyl sites for hydroxylation is 1. The molecule has 0 spiro atoms. The van der Waals surface area contributed by atoms with Gasteiger partial charge in [0.05, 0.1) is 4.47 Å². The van der Waals surface area contributed by atoms with Crippen molar-refractivity contribution in [1.82, 2.24) is 4.98 Å². The van der Waals surface area contributed by atoms with E-state index in [2.05, 4.69) is 20.9 Å². The third kappa shape index (κ3) is 2.90. The number of amides is 1. The second-order valence-electron chi connectivity index (χ2n) is 3.88. The number of hydrogen-bond donors (Lipinski definition) is 1. The first-order valence-corrected chi connectivity index (χ1v) is 6.16. The minimum Gasteiger partial charge on any atom is -0.437 e. The molecule has 1 amide bonds. The van der Waals surface area contributed by atoms with Crippen LogP contribution in [-0.2, 0) is 0 Å². The summed E-state index contributed by atoms with van der Waals surface area (Å²) in [5, 5.41) is 0. The molecule has 0 aliphatic heterocycles. The minimum absolute atomic E-state index is 0.0320. The average molecular weight is 325 g/mol. The normalized spacial score (nSPS) is 10.3. The molecular formula is C13H10BrFN2O2. The first-order valence-electron chi connectivity index (χ1n) is 5.37. The van der Waals surface area contributed by atoms with E-state index in [-0.39, 0.29) is 17.2 Å². The van der Waals surface area contributed by atoms with Crippen LogP contribution in [0.15, 0.2) is 34.9 Å². The zero-order valence-electron chi connectivity index (χ0n) is 9.98. The number of hydrogen-bond acceptors (Lipinski definition) is 3.